The van der Waals surface area contributed by atoms with Gasteiger partial charge in [-0.15, -0.1) is 0 Å². The molecule has 3 nitrogen and oxygen atoms in total. The SMILES string of the molecule is CC1(c2ccc(C3(O)CCCCC3)c(Cl)c2)OCCO1. The average molecular weight is 297 g/mol. The lowest BCUT2D eigenvalue weighted by atomic mass is 9.79. The number of aliphatic hydroxyl groups is 1. The first-order chi connectivity index (χ1) is 9.54. The highest BCUT2D eigenvalue weighted by molar-refractivity contribution is 6.31. The molecule has 20 heavy (non-hydrogen) atoms. The Morgan fingerprint density at radius 3 is 2.35 bits per heavy atom. The standard InChI is InChI=1S/C16H21ClO3/c1-15(19-9-10-20-15)12-5-6-13(14(17)11-12)16(18)7-3-2-4-8-16/h5-6,11,18H,2-4,7-10H2,1H3. The van der Waals surface area contributed by atoms with E-state index in [1.807, 2.05) is 25.1 Å². The van der Waals surface area contributed by atoms with Crippen LogP contribution in [0.15, 0.2) is 18.2 Å². The third kappa shape index (κ3) is 2.48. The second-order valence-corrected chi connectivity index (χ2v) is 6.34. The molecule has 0 aromatic heterocycles. The van der Waals surface area contributed by atoms with Crippen LogP contribution < -0.4 is 0 Å². The summed E-state index contributed by atoms with van der Waals surface area (Å²) < 4.78 is 11.3. The lowest BCUT2D eigenvalue weighted by Crippen LogP contribution is -2.29. The quantitative estimate of drug-likeness (QED) is 0.904. The van der Waals surface area contributed by atoms with Gasteiger partial charge in [-0.2, -0.15) is 0 Å². The van der Waals surface area contributed by atoms with Crippen LogP contribution in [0, 0.1) is 0 Å². The second-order valence-electron chi connectivity index (χ2n) is 5.93. The van der Waals surface area contributed by atoms with Crippen molar-refractivity contribution in [2.24, 2.45) is 0 Å². The van der Waals surface area contributed by atoms with Crippen molar-refractivity contribution in [3.8, 4) is 0 Å². The van der Waals surface area contributed by atoms with E-state index in [0.29, 0.717) is 18.2 Å². The molecule has 0 amide bonds. The number of benzene rings is 1. The van der Waals surface area contributed by atoms with E-state index in [2.05, 4.69) is 0 Å². The largest absolute Gasteiger partial charge is 0.385 e. The highest BCUT2D eigenvalue weighted by Gasteiger charge is 2.36. The van der Waals surface area contributed by atoms with Gasteiger partial charge in [-0.25, -0.2) is 0 Å². The molecule has 1 saturated carbocycles. The minimum absolute atomic E-state index is 0.597. The molecule has 4 heteroatoms. The molecule has 3 rings (SSSR count). The summed E-state index contributed by atoms with van der Waals surface area (Å²) in [5, 5.41) is 11.4. The first kappa shape index (κ1) is 14.3. The summed E-state index contributed by atoms with van der Waals surface area (Å²) in [6, 6.07) is 5.76. The second kappa shape index (κ2) is 5.30. The van der Waals surface area contributed by atoms with Crippen molar-refractivity contribution >= 4 is 11.6 Å². The number of hydrogen-bond donors (Lipinski definition) is 1. The van der Waals surface area contributed by atoms with Gasteiger partial charge in [-0.1, -0.05) is 43.0 Å². The molecule has 2 aliphatic rings. The number of hydrogen-bond acceptors (Lipinski definition) is 3. The van der Waals surface area contributed by atoms with Gasteiger partial charge >= 0.3 is 0 Å². The Bertz CT molecular complexity index is 488. The van der Waals surface area contributed by atoms with E-state index in [4.69, 9.17) is 21.1 Å². The molecule has 1 aromatic rings. The fourth-order valence-corrected chi connectivity index (χ4v) is 3.62. The molecule has 0 spiro atoms. The Balaban J connectivity index is 1.91. The van der Waals surface area contributed by atoms with Crippen molar-refractivity contribution in [1.29, 1.82) is 0 Å². The van der Waals surface area contributed by atoms with Gasteiger partial charge in [0.05, 0.1) is 18.8 Å². The van der Waals surface area contributed by atoms with E-state index < -0.39 is 11.4 Å². The molecule has 0 unspecified atom stereocenters. The molecule has 1 aliphatic carbocycles. The molecule has 0 bridgehead atoms. The molecule has 1 aliphatic heterocycles. The maximum absolute atomic E-state index is 10.8. The van der Waals surface area contributed by atoms with E-state index in [0.717, 1.165) is 36.8 Å². The van der Waals surface area contributed by atoms with E-state index in [1.54, 1.807) is 0 Å². The van der Waals surface area contributed by atoms with Crippen LogP contribution in [0.3, 0.4) is 0 Å². The predicted molar refractivity (Wildman–Crippen MR) is 77.7 cm³/mol. The fraction of sp³-hybridized carbons (Fsp3) is 0.625. The highest BCUT2D eigenvalue weighted by Crippen LogP contribution is 2.42. The molecule has 1 saturated heterocycles. The molecule has 110 valence electrons. The van der Waals surface area contributed by atoms with Gasteiger partial charge in [0.25, 0.3) is 0 Å². The third-order valence-corrected chi connectivity index (χ3v) is 4.83. The highest BCUT2D eigenvalue weighted by atomic mass is 35.5. The lowest BCUT2D eigenvalue weighted by Gasteiger charge is -2.34. The first-order valence-corrected chi connectivity index (χ1v) is 7.72. The monoisotopic (exact) mass is 296 g/mol. The Labute approximate surface area is 124 Å². The third-order valence-electron chi connectivity index (χ3n) is 4.51. The van der Waals surface area contributed by atoms with Crippen LogP contribution in [0.25, 0.3) is 0 Å². The minimum Gasteiger partial charge on any atom is -0.385 e. The smallest absolute Gasteiger partial charge is 0.192 e. The molecule has 1 aromatic carbocycles. The summed E-state index contributed by atoms with van der Waals surface area (Å²) in [5.74, 6) is -0.711. The summed E-state index contributed by atoms with van der Waals surface area (Å²) in [5.41, 5.74) is 0.971. The van der Waals surface area contributed by atoms with Crippen LogP contribution in [0.2, 0.25) is 5.02 Å². The van der Waals surface area contributed by atoms with Crippen LogP contribution in [0.5, 0.6) is 0 Å². The van der Waals surface area contributed by atoms with E-state index in [9.17, 15) is 5.11 Å². The van der Waals surface area contributed by atoms with Crippen molar-refractivity contribution in [3.05, 3.63) is 34.3 Å². The van der Waals surface area contributed by atoms with E-state index in [1.165, 1.54) is 6.42 Å². The van der Waals surface area contributed by atoms with Gasteiger partial charge in [0.15, 0.2) is 5.79 Å². The van der Waals surface area contributed by atoms with Crippen molar-refractivity contribution in [2.75, 3.05) is 13.2 Å². The van der Waals surface area contributed by atoms with E-state index >= 15 is 0 Å². The van der Waals surface area contributed by atoms with Crippen molar-refractivity contribution in [2.45, 2.75) is 50.4 Å². The predicted octanol–water partition coefficient (Wildman–Crippen LogP) is 3.71. The van der Waals surface area contributed by atoms with Gasteiger partial charge in [0, 0.05) is 16.1 Å². The molecule has 0 radical (unpaired) electrons. The van der Waals surface area contributed by atoms with Crippen LogP contribution in [-0.2, 0) is 20.9 Å². The van der Waals surface area contributed by atoms with Crippen molar-refractivity contribution in [3.63, 3.8) is 0 Å². The van der Waals surface area contributed by atoms with Gasteiger partial charge in [0.2, 0.25) is 0 Å². The average Bonchev–Trinajstić information content (AvgIpc) is 2.87. The van der Waals surface area contributed by atoms with Gasteiger partial charge in [0.1, 0.15) is 0 Å². The zero-order valence-corrected chi connectivity index (χ0v) is 12.6. The lowest BCUT2D eigenvalue weighted by molar-refractivity contribution is -0.149. The molecular formula is C16H21ClO3. The van der Waals surface area contributed by atoms with Crippen LogP contribution in [0.1, 0.15) is 50.2 Å². The summed E-state index contributed by atoms with van der Waals surface area (Å²) >= 11 is 6.42. The zero-order valence-electron chi connectivity index (χ0n) is 11.8. The maximum atomic E-state index is 10.8. The van der Waals surface area contributed by atoms with E-state index in [-0.39, 0.29) is 0 Å². The van der Waals surface area contributed by atoms with Gasteiger partial charge < -0.3 is 14.6 Å². The topological polar surface area (TPSA) is 38.7 Å². The Morgan fingerprint density at radius 1 is 1.10 bits per heavy atom. The number of halogens is 1. The molecule has 0 atom stereocenters. The zero-order chi connectivity index (χ0) is 14.2. The Morgan fingerprint density at radius 2 is 1.75 bits per heavy atom. The number of ether oxygens (including phenoxy) is 2. The first-order valence-electron chi connectivity index (χ1n) is 7.34. The summed E-state index contributed by atoms with van der Waals surface area (Å²) in [7, 11) is 0. The molecule has 2 fully saturated rings. The van der Waals surface area contributed by atoms with Gasteiger partial charge in [-0.3, -0.25) is 0 Å². The Hall–Kier alpha value is -0.610. The van der Waals surface area contributed by atoms with Crippen LogP contribution in [0.4, 0.5) is 0 Å². The minimum atomic E-state index is -0.772. The van der Waals surface area contributed by atoms with Crippen molar-refractivity contribution < 1.29 is 14.6 Å². The maximum Gasteiger partial charge on any atom is 0.192 e. The van der Waals surface area contributed by atoms with Crippen LogP contribution >= 0.6 is 11.6 Å². The molecule has 1 N–H and O–H groups in total. The molecule has 1 heterocycles. The Kier molecular flexibility index (Phi) is 3.80. The summed E-state index contributed by atoms with van der Waals surface area (Å²) in [6.45, 7) is 3.10. The number of rotatable bonds is 2. The summed E-state index contributed by atoms with van der Waals surface area (Å²) in [4.78, 5) is 0. The normalized spacial score (nSPS) is 24.8. The molecular weight excluding hydrogens is 276 g/mol. The summed E-state index contributed by atoms with van der Waals surface area (Å²) in [6.07, 6.45) is 4.88. The van der Waals surface area contributed by atoms with Crippen molar-refractivity contribution in [1.82, 2.24) is 0 Å². The van der Waals surface area contributed by atoms with Crippen LogP contribution in [-0.4, -0.2) is 18.3 Å². The fourth-order valence-electron chi connectivity index (χ4n) is 3.26. The van der Waals surface area contributed by atoms with Gasteiger partial charge in [-0.05, 0) is 25.8 Å².